The van der Waals surface area contributed by atoms with Crippen LogP contribution in [0.5, 0.6) is 17.2 Å². The number of sulfone groups is 1. The van der Waals surface area contributed by atoms with Gasteiger partial charge < -0.3 is 20.5 Å². The summed E-state index contributed by atoms with van der Waals surface area (Å²) in [6.07, 6.45) is 2.14. The molecule has 1 atom stereocenters. The zero-order valence-corrected chi connectivity index (χ0v) is 19.6. The van der Waals surface area contributed by atoms with Gasteiger partial charge in [-0.25, -0.2) is 12.8 Å². The van der Waals surface area contributed by atoms with Crippen LogP contribution in [0.25, 0.3) is 0 Å². The van der Waals surface area contributed by atoms with E-state index in [0.29, 0.717) is 30.3 Å². The number of rotatable bonds is 11. The van der Waals surface area contributed by atoms with Crippen molar-refractivity contribution in [1.29, 1.82) is 0 Å². The minimum absolute atomic E-state index is 0.0576. The van der Waals surface area contributed by atoms with Crippen LogP contribution < -0.4 is 20.5 Å². The molecule has 0 radical (unpaired) electrons. The molecule has 0 bridgehead atoms. The Kier molecular flexibility index (Phi) is 8.30. The lowest BCUT2D eigenvalue weighted by Crippen LogP contribution is -2.31. The second-order valence-corrected chi connectivity index (χ2v) is 10.0. The monoisotopic (exact) mass is 472 g/mol. The van der Waals surface area contributed by atoms with Crippen LogP contribution >= 0.6 is 0 Å². The van der Waals surface area contributed by atoms with E-state index in [1.54, 1.807) is 12.1 Å². The van der Waals surface area contributed by atoms with Gasteiger partial charge in [-0.15, -0.1) is 0 Å². The highest BCUT2D eigenvalue weighted by molar-refractivity contribution is 7.91. The van der Waals surface area contributed by atoms with E-state index in [1.807, 2.05) is 49.4 Å². The molecule has 3 rings (SSSR count). The third kappa shape index (κ3) is 7.20. The van der Waals surface area contributed by atoms with E-state index in [0.717, 1.165) is 23.8 Å². The highest BCUT2D eigenvalue weighted by atomic mass is 32.2. The van der Waals surface area contributed by atoms with Crippen molar-refractivity contribution >= 4 is 15.5 Å². The SMILES string of the molecule is CCc1ccc(Oc2ccc(NCCC(N)S(C)(=O)=O)cc2F)c(OCc2ccccc2)c1. The summed E-state index contributed by atoms with van der Waals surface area (Å²) in [5, 5.41) is 2.02. The molecule has 0 aromatic heterocycles. The standard InChI is InChI=1S/C25H29FN2O4S/c1-3-18-9-11-23(24(15-18)31-17-19-7-5-4-6-8-19)32-22-12-10-20(16-21(22)26)28-14-13-25(27)33(2,29)30/h4-12,15-16,25,28H,3,13-14,17,27H2,1-2H3. The van der Waals surface area contributed by atoms with Gasteiger partial charge in [-0.2, -0.15) is 0 Å². The molecule has 33 heavy (non-hydrogen) atoms. The summed E-state index contributed by atoms with van der Waals surface area (Å²) in [6.45, 7) is 2.71. The minimum atomic E-state index is -3.31. The summed E-state index contributed by atoms with van der Waals surface area (Å²) in [5.74, 6) is 0.458. The van der Waals surface area contributed by atoms with Gasteiger partial charge in [0, 0.05) is 24.6 Å². The molecule has 3 aromatic carbocycles. The molecule has 0 fully saturated rings. The third-order valence-corrected chi connectivity index (χ3v) is 6.45. The van der Waals surface area contributed by atoms with Gasteiger partial charge in [0.1, 0.15) is 12.0 Å². The average Bonchev–Trinajstić information content (AvgIpc) is 2.80. The molecule has 0 saturated carbocycles. The molecule has 0 aliphatic heterocycles. The molecule has 0 heterocycles. The van der Waals surface area contributed by atoms with Crippen LogP contribution in [0.15, 0.2) is 66.7 Å². The van der Waals surface area contributed by atoms with Crippen molar-refractivity contribution in [3.63, 3.8) is 0 Å². The Hall–Kier alpha value is -3.10. The highest BCUT2D eigenvalue weighted by Gasteiger charge is 2.15. The fraction of sp³-hybridized carbons (Fsp3) is 0.280. The Morgan fingerprint density at radius 1 is 0.970 bits per heavy atom. The normalized spacial score (nSPS) is 12.2. The van der Waals surface area contributed by atoms with Gasteiger partial charge in [0.25, 0.3) is 0 Å². The summed E-state index contributed by atoms with van der Waals surface area (Å²) in [4.78, 5) is 0. The molecule has 3 N–H and O–H groups in total. The first-order valence-corrected chi connectivity index (χ1v) is 12.7. The Morgan fingerprint density at radius 3 is 2.36 bits per heavy atom. The van der Waals surface area contributed by atoms with Crippen molar-refractivity contribution in [3.8, 4) is 17.2 Å². The number of anilines is 1. The number of hydrogen-bond acceptors (Lipinski definition) is 6. The highest BCUT2D eigenvalue weighted by Crippen LogP contribution is 2.35. The van der Waals surface area contributed by atoms with E-state index in [4.69, 9.17) is 15.2 Å². The second kappa shape index (κ2) is 11.2. The Morgan fingerprint density at radius 2 is 1.70 bits per heavy atom. The summed E-state index contributed by atoms with van der Waals surface area (Å²) in [6, 6.07) is 19.8. The van der Waals surface area contributed by atoms with Crippen molar-refractivity contribution in [2.24, 2.45) is 5.73 Å². The van der Waals surface area contributed by atoms with Gasteiger partial charge in [0.05, 0.1) is 0 Å². The number of nitrogens with one attached hydrogen (secondary N) is 1. The molecule has 8 heteroatoms. The predicted molar refractivity (Wildman–Crippen MR) is 129 cm³/mol. The van der Waals surface area contributed by atoms with Crippen LogP contribution in [0.1, 0.15) is 24.5 Å². The van der Waals surface area contributed by atoms with Crippen molar-refractivity contribution in [3.05, 3.63) is 83.7 Å². The van der Waals surface area contributed by atoms with Crippen molar-refractivity contribution < 1.29 is 22.3 Å². The zero-order chi connectivity index (χ0) is 23.8. The second-order valence-electron chi connectivity index (χ2n) is 7.74. The first-order chi connectivity index (χ1) is 15.8. The summed E-state index contributed by atoms with van der Waals surface area (Å²) < 4.78 is 49.3. The summed E-state index contributed by atoms with van der Waals surface area (Å²) in [5.41, 5.74) is 8.22. The van der Waals surface area contributed by atoms with Gasteiger partial charge in [0.15, 0.2) is 32.9 Å². The lowest BCUT2D eigenvalue weighted by Gasteiger charge is -2.15. The van der Waals surface area contributed by atoms with Crippen LogP contribution in [0.2, 0.25) is 0 Å². The summed E-state index contributed by atoms with van der Waals surface area (Å²) >= 11 is 0. The Balaban J connectivity index is 1.69. The fourth-order valence-corrected chi connectivity index (χ4v) is 3.64. The van der Waals surface area contributed by atoms with Gasteiger partial charge in [-0.05, 0) is 48.2 Å². The number of aryl methyl sites for hydroxylation is 1. The number of hydrogen-bond donors (Lipinski definition) is 2. The molecule has 3 aromatic rings. The minimum Gasteiger partial charge on any atom is -0.485 e. The van der Waals surface area contributed by atoms with Gasteiger partial charge in [0.2, 0.25) is 0 Å². The predicted octanol–water partition coefficient (Wildman–Crippen LogP) is 4.89. The van der Waals surface area contributed by atoms with Crippen LogP contribution in [0.4, 0.5) is 10.1 Å². The molecule has 0 saturated heterocycles. The average molecular weight is 473 g/mol. The zero-order valence-electron chi connectivity index (χ0n) is 18.8. The Labute approximate surface area is 194 Å². The number of nitrogens with two attached hydrogens (primary N) is 1. The summed E-state index contributed by atoms with van der Waals surface area (Å²) in [7, 11) is -3.31. The molecule has 1 unspecified atom stereocenters. The number of benzene rings is 3. The first-order valence-electron chi connectivity index (χ1n) is 10.7. The van der Waals surface area contributed by atoms with E-state index < -0.39 is 21.0 Å². The van der Waals surface area contributed by atoms with Gasteiger partial charge in [-0.3, -0.25) is 0 Å². The van der Waals surface area contributed by atoms with E-state index in [-0.39, 0.29) is 12.2 Å². The van der Waals surface area contributed by atoms with E-state index in [2.05, 4.69) is 5.32 Å². The van der Waals surface area contributed by atoms with Crippen LogP contribution in [0, 0.1) is 5.82 Å². The van der Waals surface area contributed by atoms with E-state index in [1.165, 1.54) is 12.1 Å². The van der Waals surface area contributed by atoms with Crippen molar-refractivity contribution in [2.45, 2.75) is 31.7 Å². The molecule has 6 nitrogen and oxygen atoms in total. The van der Waals surface area contributed by atoms with Gasteiger partial charge >= 0.3 is 0 Å². The Bertz CT molecular complexity index is 1170. The maximum Gasteiger partial charge on any atom is 0.169 e. The smallest absolute Gasteiger partial charge is 0.169 e. The first kappa shape index (κ1) is 24.5. The van der Waals surface area contributed by atoms with Crippen LogP contribution in [-0.4, -0.2) is 26.6 Å². The molecule has 0 amide bonds. The molecule has 0 aliphatic rings. The van der Waals surface area contributed by atoms with Crippen molar-refractivity contribution in [2.75, 3.05) is 18.1 Å². The van der Waals surface area contributed by atoms with E-state index >= 15 is 0 Å². The maximum absolute atomic E-state index is 14.7. The quantitative estimate of drug-likeness (QED) is 0.413. The van der Waals surface area contributed by atoms with Crippen LogP contribution in [0.3, 0.4) is 0 Å². The fourth-order valence-electron chi connectivity index (χ4n) is 3.09. The number of ether oxygens (including phenoxy) is 2. The molecule has 0 spiro atoms. The molecular weight excluding hydrogens is 443 g/mol. The molecule has 0 aliphatic carbocycles. The lowest BCUT2D eigenvalue weighted by molar-refractivity contribution is 0.289. The van der Waals surface area contributed by atoms with Crippen LogP contribution in [-0.2, 0) is 22.9 Å². The molecule has 176 valence electrons. The number of halogens is 1. The maximum atomic E-state index is 14.7. The van der Waals surface area contributed by atoms with E-state index in [9.17, 15) is 12.8 Å². The topological polar surface area (TPSA) is 90.6 Å². The third-order valence-electron chi connectivity index (χ3n) is 5.11. The lowest BCUT2D eigenvalue weighted by atomic mass is 10.1. The van der Waals surface area contributed by atoms with Crippen molar-refractivity contribution in [1.82, 2.24) is 0 Å². The largest absolute Gasteiger partial charge is 0.485 e. The molecular formula is C25H29FN2O4S. The van der Waals surface area contributed by atoms with Gasteiger partial charge in [-0.1, -0.05) is 43.3 Å².